The summed E-state index contributed by atoms with van der Waals surface area (Å²) in [5, 5.41) is 8.08. The second-order valence-electron chi connectivity index (χ2n) is 1.82. The molecule has 0 aromatic heterocycles. The van der Waals surface area contributed by atoms with Crippen LogP contribution in [0.25, 0.3) is 0 Å². The number of nitriles is 1. The van der Waals surface area contributed by atoms with Gasteiger partial charge >= 0.3 is 0 Å². The van der Waals surface area contributed by atoms with Crippen molar-refractivity contribution in [3.05, 3.63) is 0 Å². The van der Waals surface area contributed by atoms with E-state index in [-0.39, 0.29) is 10.9 Å². The van der Waals surface area contributed by atoms with Crippen LogP contribution < -0.4 is 5.73 Å². The molecule has 4 N–H and O–H groups in total. The van der Waals surface area contributed by atoms with Gasteiger partial charge in [-0.15, -0.1) is 11.6 Å². The Labute approximate surface area is 52.3 Å². The summed E-state index contributed by atoms with van der Waals surface area (Å²) in [5.41, 5.74) is 4.62. The molecule has 0 radical (unpaired) electrons. The number of nitrogens with two attached hydrogens (primary N) is 1. The van der Waals surface area contributed by atoms with E-state index in [9.17, 15) is 0 Å². The van der Waals surface area contributed by atoms with Crippen LogP contribution in [0, 0.1) is 11.3 Å². The molecule has 0 saturated heterocycles. The second kappa shape index (κ2) is 1.90. The molecule has 0 spiro atoms. The molecule has 8 heavy (non-hydrogen) atoms. The van der Waals surface area contributed by atoms with Crippen molar-refractivity contribution in [2.75, 3.05) is 0 Å². The molecule has 1 rings (SSSR count). The van der Waals surface area contributed by atoms with Gasteiger partial charge in [0.2, 0.25) is 0 Å². The van der Waals surface area contributed by atoms with E-state index in [0.29, 0.717) is 6.42 Å². The van der Waals surface area contributed by atoms with Gasteiger partial charge in [0.15, 0.2) is 0 Å². The van der Waals surface area contributed by atoms with E-state index < -0.39 is 5.54 Å². The Morgan fingerprint density at radius 3 is 2.25 bits per heavy atom. The Hall–Kier alpha value is -0.300. The lowest BCUT2D eigenvalue weighted by Gasteiger charge is -1.88. The van der Waals surface area contributed by atoms with Gasteiger partial charge in [0.05, 0.1) is 11.4 Å². The van der Waals surface area contributed by atoms with Crippen molar-refractivity contribution >= 4 is 11.6 Å². The van der Waals surface area contributed by atoms with E-state index in [1.165, 1.54) is 0 Å². The van der Waals surface area contributed by atoms with Crippen LogP contribution in [0.1, 0.15) is 6.42 Å². The van der Waals surface area contributed by atoms with E-state index in [2.05, 4.69) is 0 Å². The molecule has 1 aliphatic rings. The molecule has 0 aromatic rings. The maximum Gasteiger partial charge on any atom is 0.122 e. The van der Waals surface area contributed by atoms with Gasteiger partial charge in [-0.2, -0.15) is 5.26 Å². The van der Waals surface area contributed by atoms with Crippen LogP contribution in [0.5, 0.6) is 0 Å². The van der Waals surface area contributed by atoms with Crippen LogP contribution in [0.4, 0.5) is 0 Å². The quantitative estimate of drug-likeness (QED) is 0.449. The predicted octanol–water partition coefficient (Wildman–Crippen LogP) is -0.606. The molecule has 46 valence electrons. The third-order valence-electron chi connectivity index (χ3n) is 1.12. The van der Waals surface area contributed by atoms with Crippen molar-refractivity contribution in [3.8, 4) is 6.07 Å². The molecule has 0 aliphatic heterocycles. The minimum Gasteiger partial charge on any atom is -0.412 e. The van der Waals surface area contributed by atoms with E-state index >= 15 is 0 Å². The lowest BCUT2D eigenvalue weighted by molar-refractivity contribution is 0.824. The number of hydrogen-bond donors (Lipinski definition) is 1. The Bertz CT molecular complexity index is 132. The highest BCUT2D eigenvalue weighted by molar-refractivity contribution is 6.24. The van der Waals surface area contributed by atoms with Crippen LogP contribution in [-0.2, 0) is 0 Å². The van der Waals surface area contributed by atoms with Crippen molar-refractivity contribution in [3.63, 3.8) is 0 Å². The minimum atomic E-state index is -0.679. The van der Waals surface area contributed by atoms with Crippen LogP contribution in [0.15, 0.2) is 0 Å². The first-order valence-electron chi connectivity index (χ1n) is 2.03. The average molecular weight is 135 g/mol. The van der Waals surface area contributed by atoms with E-state index in [1.807, 2.05) is 6.07 Å². The molecule has 4 heteroatoms. The average Bonchev–Trinajstić information content (AvgIpc) is 2.18. The number of hydrogen-bond acceptors (Lipinski definition) is 2. The van der Waals surface area contributed by atoms with Gasteiger partial charge in [0.1, 0.15) is 5.54 Å². The van der Waals surface area contributed by atoms with Gasteiger partial charge in [-0.3, -0.25) is 0 Å². The molecule has 2 atom stereocenters. The lowest BCUT2D eigenvalue weighted by atomic mass is 10.3. The minimum absolute atomic E-state index is 0. The van der Waals surface area contributed by atoms with Gasteiger partial charge < -0.3 is 11.2 Å². The fourth-order valence-corrected chi connectivity index (χ4v) is 0.657. The van der Waals surface area contributed by atoms with Gasteiger partial charge in [0, 0.05) is 0 Å². The smallest absolute Gasteiger partial charge is 0.122 e. The van der Waals surface area contributed by atoms with Crippen molar-refractivity contribution < 1.29 is 5.48 Å². The van der Waals surface area contributed by atoms with Gasteiger partial charge in [-0.05, 0) is 6.42 Å². The fraction of sp³-hybridized carbons (Fsp3) is 0.750. The van der Waals surface area contributed by atoms with Crippen molar-refractivity contribution in [2.24, 2.45) is 5.73 Å². The summed E-state index contributed by atoms with van der Waals surface area (Å²) >= 11 is 5.45. The summed E-state index contributed by atoms with van der Waals surface area (Å²) in [6.45, 7) is 0. The third kappa shape index (κ3) is 0.920. The summed E-state index contributed by atoms with van der Waals surface area (Å²) < 4.78 is 0. The number of halogens is 1. The van der Waals surface area contributed by atoms with Crippen LogP contribution >= 0.6 is 11.6 Å². The molecule has 0 aromatic carbocycles. The zero-order chi connectivity index (χ0) is 5.49. The molecule has 0 bridgehead atoms. The second-order valence-corrected chi connectivity index (χ2v) is 2.35. The van der Waals surface area contributed by atoms with Crippen molar-refractivity contribution in [1.82, 2.24) is 0 Å². The first-order valence-corrected chi connectivity index (χ1v) is 2.47. The molecule has 2 unspecified atom stereocenters. The van der Waals surface area contributed by atoms with E-state index in [1.54, 1.807) is 0 Å². The fourth-order valence-electron chi connectivity index (χ4n) is 0.353. The van der Waals surface area contributed by atoms with Crippen molar-refractivity contribution in [2.45, 2.75) is 17.3 Å². The summed E-state index contributed by atoms with van der Waals surface area (Å²) in [4.78, 5) is 0. The highest BCUT2D eigenvalue weighted by Crippen LogP contribution is 2.37. The molecule has 0 heterocycles. The normalized spacial score (nSPS) is 41.9. The van der Waals surface area contributed by atoms with Crippen LogP contribution in [-0.4, -0.2) is 16.4 Å². The van der Waals surface area contributed by atoms with Gasteiger partial charge in [-0.1, -0.05) is 0 Å². The highest BCUT2D eigenvalue weighted by atomic mass is 35.5. The Balaban J connectivity index is 0.000000490. The molecule has 1 saturated carbocycles. The predicted molar refractivity (Wildman–Crippen MR) is 30.4 cm³/mol. The Morgan fingerprint density at radius 2 is 2.25 bits per heavy atom. The summed E-state index contributed by atoms with van der Waals surface area (Å²) in [7, 11) is 0. The molecule has 1 aliphatic carbocycles. The Morgan fingerprint density at radius 1 is 1.88 bits per heavy atom. The van der Waals surface area contributed by atoms with Crippen molar-refractivity contribution in [1.29, 1.82) is 5.26 Å². The van der Waals surface area contributed by atoms with E-state index in [0.717, 1.165) is 0 Å². The molecule has 1 fully saturated rings. The number of alkyl halides is 1. The van der Waals surface area contributed by atoms with Crippen LogP contribution in [0.2, 0.25) is 0 Å². The first-order chi connectivity index (χ1) is 3.19. The first kappa shape index (κ1) is 7.70. The van der Waals surface area contributed by atoms with Crippen LogP contribution in [0.3, 0.4) is 0 Å². The zero-order valence-corrected chi connectivity index (χ0v) is 4.94. The summed E-state index contributed by atoms with van der Waals surface area (Å²) in [6, 6.07) is 1.91. The summed E-state index contributed by atoms with van der Waals surface area (Å²) in [6.07, 6.45) is 0.644. The molecular weight excluding hydrogens is 128 g/mol. The number of nitrogens with zero attached hydrogens (tertiary/aromatic N) is 1. The topological polar surface area (TPSA) is 81.3 Å². The standard InChI is InChI=1S/C4H5ClN2.H2O/c5-3-1-4(3,7)2-6;/h3H,1,7H2;1H2. The van der Waals surface area contributed by atoms with Gasteiger partial charge in [-0.25, -0.2) is 0 Å². The van der Waals surface area contributed by atoms with E-state index in [4.69, 9.17) is 22.6 Å². The maximum absolute atomic E-state index is 8.18. The Kier molecular flexibility index (Phi) is 1.83. The monoisotopic (exact) mass is 134 g/mol. The van der Waals surface area contributed by atoms with Gasteiger partial charge in [0.25, 0.3) is 0 Å². The third-order valence-corrected chi connectivity index (χ3v) is 1.67. The summed E-state index contributed by atoms with van der Waals surface area (Å²) in [5.74, 6) is 0. The zero-order valence-electron chi connectivity index (χ0n) is 4.19. The maximum atomic E-state index is 8.18. The number of rotatable bonds is 0. The molecular formula is C4H7ClN2O. The lowest BCUT2D eigenvalue weighted by Crippen LogP contribution is -2.21. The largest absolute Gasteiger partial charge is 0.412 e. The molecule has 0 amide bonds. The molecule has 3 nitrogen and oxygen atoms in total. The SMILES string of the molecule is N#CC1(N)CC1Cl.O. The highest BCUT2D eigenvalue weighted by Gasteiger charge is 2.50.